The van der Waals surface area contributed by atoms with Crippen LogP contribution in [0.25, 0.3) is 0 Å². The number of rotatable bonds is 6. The Balaban J connectivity index is 2.14. The van der Waals surface area contributed by atoms with Crippen molar-refractivity contribution in [2.24, 2.45) is 0 Å². The standard InChI is InChI=1S/C13H13N3O4S/c1-8-7-21-11(15-8)6-14-5-9-3-2-4-10(16(19)20)12(9)13(17)18/h2-4,7,14H,5-6H2,1H3,(H,17,18). The summed E-state index contributed by atoms with van der Waals surface area (Å²) in [5.41, 5.74) is 0.639. The highest BCUT2D eigenvalue weighted by molar-refractivity contribution is 7.09. The lowest BCUT2D eigenvalue weighted by molar-refractivity contribution is -0.385. The third-order valence-electron chi connectivity index (χ3n) is 2.80. The van der Waals surface area contributed by atoms with Crippen molar-refractivity contribution in [1.82, 2.24) is 10.3 Å². The molecule has 0 bridgehead atoms. The first-order valence-corrected chi connectivity index (χ1v) is 6.98. The number of aryl methyl sites for hydroxylation is 1. The Bertz CT molecular complexity index is 684. The number of thiazole rings is 1. The highest BCUT2D eigenvalue weighted by Crippen LogP contribution is 2.22. The summed E-state index contributed by atoms with van der Waals surface area (Å²) in [5.74, 6) is -1.30. The van der Waals surface area contributed by atoms with Crippen LogP contribution in [0.4, 0.5) is 5.69 Å². The van der Waals surface area contributed by atoms with Crippen LogP contribution in [-0.2, 0) is 13.1 Å². The number of nitrogens with one attached hydrogen (secondary N) is 1. The van der Waals surface area contributed by atoms with Crippen molar-refractivity contribution in [3.63, 3.8) is 0 Å². The van der Waals surface area contributed by atoms with Gasteiger partial charge in [0.25, 0.3) is 5.69 Å². The number of carbonyl (C=O) groups is 1. The number of hydrogen-bond acceptors (Lipinski definition) is 6. The fourth-order valence-corrected chi connectivity index (χ4v) is 2.66. The maximum atomic E-state index is 11.2. The Hall–Kier alpha value is -2.32. The van der Waals surface area contributed by atoms with Gasteiger partial charge >= 0.3 is 5.97 Å². The predicted octanol–water partition coefficient (Wildman–Crippen LogP) is 2.35. The molecule has 1 aromatic carbocycles. The summed E-state index contributed by atoms with van der Waals surface area (Å²) in [5, 5.41) is 25.9. The van der Waals surface area contributed by atoms with E-state index in [1.165, 1.54) is 23.5 Å². The van der Waals surface area contributed by atoms with Crippen molar-refractivity contribution in [1.29, 1.82) is 0 Å². The lowest BCUT2D eigenvalue weighted by atomic mass is 10.1. The third kappa shape index (κ3) is 3.61. The minimum Gasteiger partial charge on any atom is -0.477 e. The number of carboxylic acid groups (broad SMARTS) is 1. The van der Waals surface area contributed by atoms with Gasteiger partial charge < -0.3 is 10.4 Å². The monoisotopic (exact) mass is 307 g/mol. The smallest absolute Gasteiger partial charge is 0.343 e. The van der Waals surface area contributed by atoms with Crippen molar-refractivity contribution in [3.8, 4) is 0 Å². The molecule has 0 saturated heterocycles. The number of aromatic nitrogens is 1. The van der Waals surface area contributed by atoms with E-state index < -0.39 is 16.6 Å². The van der Waals surface area contributed by atoms with Crippen LogP contribution in [0.3, 0.4) is 0 Å². The zero-order chi connectivity index (χ0) is 15.4. The van der Waals surface area contributed by atoms with Crippen molar-refractivity contribution in [2.45, 2.75) is 20.0 Å². The Labute approximate surface area is 124 Å². The maximum absolute atomic E-state index is 11.2. The third-order valence-corrected chi connectivity index (χ3v) is 3.76. The van der Waals surface area contributed by atoms with E-state index in [2.05, 4.69) is 10.3 Å². The second-order valence-electron chi connectivity index (χ2n) is 4.36. The first-order valence-electron chi connectivity index (χ1n) is 6.10. The predicted molar refractivity (Wildman–Crippen MR) is 77.5 cm³/mol. The molecule has 0 spiro atoms. The molecule has 1 aromatic heterocycles. The van der Waals surface area contributed by atoms with Crippen LogP contribution in [-0.4, -0.2) is 21.0 Å². The highest BCUT2D eigenvalue weighted by Gasteiger charge is 2.22. The van der Waals surface area contributed by atoms with Gasteiger partial charge in [-0.15, -0.1) is 11.3 Å². The number of carboxylic acids is 1. The van der Waals surface area contributed by atoms with Gasteiger partial charge in [0.2, 0.25) is 0 Å². The van der Waals surface area contributed by atoms with Crippen LogP contribution < -0.4 is 5.32 Å². The van der Waals surface area contributed by atoms with Gasteiger partial charge in [-0.25, -0.2) is 9.78 Å². The summed E-state index contributed by atoms with van der Waals surface area (Å²) in [6.07, 6.45) is 0. The summed E-state index contributed by atoms with van der Waals surface area (Å²) < 4.78 is 0. The first kappa shape index (κ1) is 15.1. The van der Waals surface area contributed by atoms with E-state index in [4.69, 9.17) is 0 Å². The second-order valence-corrected chi connectivity index (χ2v) is 5.30. The van der Waals surface area contributed by atoms with Crippen LogP contribution in [0.5, 0.6) is 0 Å². The molecule has 7 nitrogen and oxygen atoms in total. The molecular weight excluding hydrogens is 294 g/mol. The number of nitrogens with zero attached hydrogens (tertiary/aromatic N) is 2. The van der Waals surface area contributed by atoms with Crippen LogP contribution in [0.2, 0.25) is 0 Å². The molecule has 0 aliphatic heterocycles. The lowest BCUT2D eigenvalue weighted by Crippen LogP contribution is -2.16. The average Bonchev–Trinajstić information content (AvgIpc) is 2.83. The molecule has 0 unspecified atom stereocenters. The lowest BCUT2D eigenvalue weighted by Gasteiger charge is -2.07. The zero-order valence-corrected chi connectivity index (χ0v) is 12.0. The molecule has 2 aromatic rings. The normalized spacial score (nSPS) is 10.5. The first-order chi connectivity index (χ1) is 9.99. The van der Waals surface area contributed by atoms with E-state index in [0.717, 1.165) is 10.7 Å². The number of benzene rings is 1. The van der Waals surface area contributed by atoms with E-state index in [-0.39, 0.29) is 12.1 Å². The van der Waals surface area contributed by atoms with Gasteiger partial charge in [-0.2, -0.15) is 0 Å². The topological polar surface area (TPSA) is 105 Å². The number of nitro benzene ring substituents is 1. The van der Waals surface area contributed by atoms with Gasteiger partial charge in [0.05, 0.1) is 4.92 Å². The quantitative estimate of drug-likeness (QED) is 0.627. The molecule has 0 atom stereocenters. The minimum absolute atomic E-state index is 0.224. The molecule has 0 radical (unpaired) electrons. The van der Waals surface area contributed by atoms with E-state index in [0.29, 0.717) is 12.1 Å². The molecule has 0 amide bonds. The van der Waals surface area contributed by atoms with Crippen molar-refractivity contribution >= 4 is 23.0 Å². The minimum atomic E-state index is -1.30. The Morgan fingerprint density at radius 3 is 2.81 bits per heavy atom. The highest BCUT2D eigenvalue weighted by atomic mass is 32.1. The molecule has 21 heavy (non-hydrogen) atoms. The van der Waals surface area contributed by atoms with E-state index in [1.807, 2.05) is 12.3 Å². The number of aromatic carboxylic acids is 1. The van der Waals surface area contributed by atoms with Crippen molar-refractivity contribution < 1.29 is 14.8 Å². The Morgan fingerprint density at radius 1 is 1.48 bits per heavy atom. The summed E-state index contributed by atoms with van der Waals surface area (Å²) >= 11 is 1.51. The van der Waals surface area contributed by atoms with E-state index in [1.54, 1.807) is 6.07 Å². The van der Waals surface area contributed by atoms with E-state index in [9.17, 15) is 20.0 Å². The van der Waals surface area contributed by atoms with Gasteiger partial charge in [0, 0.05) is 30.2 Å². The van der Waals surface area contributed by atoms with Crippen LogP contribution in [0, 0.1) is 17.0 Å². The number of hydrogen-bond donors (Lipinski definition) is 2. The fourth-order valence-electron chi connectivity index (χ4n) is 1.92. The molecule has 2 rings (SSSR count). The van der Waals surface area contributed by atoms with Crippen LogP contribution in [0.15, 0.2) is 23.6 Å². The zero-order valence-electron chi connectivity index (χ0n) is 11.2. The van der Waals surface area contributed by atoms with Gasteiger partial charge in [0.1, 0.15) is 10.6 Å². The molecule has 0 fully saturated rings. The molecular formula is C13H13N3O4S. The molecule has 0 aliphatic carbocycles. The van der Waals surface area contributed by atoms with Gasteiger partial charge in [-0.3, -0.25) is 10.1 Å². The second kappa shape index (κ2) is 6.42. The van der Waals surface area contributed by atoms with Crippen LogP contribution in [0.1, 0.15) is 26.6 Å². The van der Waals surface area contributed by atoms with Gasteiger partial charge in [-0.05, 0) is 12.5 Å². The van der Waals surface area contributed by atoms with Crippen molar-refractivity contribution in [2.75, 3.05) is 0 Å². The Kier molecular flexibility index (Phi) is 4.61. The molecule has 0 saturated carbocycles. The maximum Gasteiger partial charge on any atom is 0.343 e. The molecule has 8 heteroatoms. The summed E-state index contributed by atoms with van der Waals surface area (Å²) in [6, 6.07) is 4.24. The van der Waals surface area contributed by atoms with E-state index >= 15 is 0 Å². The summed E-state index contributed by atoms with van der Waals surface area (Å²) in [4.78, 5) is 25.7. The summed E-state index contributed by atoms with van der Waals surface area (Å²) in [6.45, 7) is 2.60. The molecule has 110 valence electrons. The molecule has 0 aliphatic rings. The molecule has 1 heterocycles. The fraction of sp³-hybridized carbons (Fsp3) is 0.231. The average molecular weight is 307 g/mol. The molecule has 2 N–H and O–H groups in total. The van der Waals surface area contributed by atoms with Crippen molar-refractivity contribution in [3.05, 3.63) is 55.5 Å². The van der Waals surface area contributed by atoms with Crippen LogP contribution >= 0.6 is 11.3 Å². The largest absolute Gasteiger partial charge is 0.477 e. The number of nitro groups is 1. The Morgan fingerprint density at radius 2 is 2.24 bits per heavy atom. The van der Waals surface area contributed by atoms with Gasteiger partial charge in [-0.1, -0.05) is 12.1 Å². The SMILES string of the molecule is Cc1csc(CNCc2cccc([N+](=O)[O-])c2C(=O)O)n1. The van der Waals surface area contributed by atoms with Gasteiger partial charge in [0.15, 0.2) is 0 Å². The summed E-state index contributed by atoms with van der Waals surface area (Å²) in [7, 11) is 0.